The van der Waals surface area contributed by atoms with Crippen LogP contribution in [0.15, 0.2) is 18.3 Å². The Labute approximate surface area is 120 Å². The molecule has 4 nitrogen and oxygen atoms in total. The molecule has 0 saturated heterocycles. The lowest BCUT2D eigenvalue weighted by molar-refractivity contribution is -0.137. The highest BCUT2D eigenvalue weighted by molar-refractivity contribution is 5.66. The maximum absolute atomic E-state index is 10.4. The molecule has 4 heteroatoms. The average Bonchev–Trinajstić information content (AvgIpc) is 2.48. The summed E-state index contributed by atoms with van der Waals surface area (Å²) in [4.78, 5) is 15.0. The molecule has 1 fully saturated rings. The molecule has 0 atom stereocenters. The van der Waals surface area contributed by atoms with Crippen LogP contribution in [0.25, 0.3) is 0 Å². The minimum absolute atomic E-state index is 0.0145. The molecule has 1 aromatic heterocycles. The molecule has 0 spiro atoms. The first-order valence-corrected chi connectivity index (χ1v) is 7.47. The molecule has 1 heterocycles. The summed E-state index contributed by atoms with van der Waals surface area (Å²) in [5.41, 5.74) is 1.39. The average molecular weight is 277 g/mol. The van der Waals surface area contributed by atoms with Crippen LogP contribution in [0.4, 0.5) is 0 Å². The molecule has 1 aliphatic carbocycles. The van der Waals surface area contributed by atoms with Crippen molar-refractivity contribution < 1.29 is 14.6 Å². The summed E-state index contributed by atoms with van der Waals surface area (Å²) >= 11 is 0. The van der Waals surface area contributed by atoms with E-state index in [0.717, 1.165) is 12.1 Å². The molecule has 110 valence electrons. The molecular weight excluding hydrogens is 254 g/mol. The Balaban J connectivity index is 2.01. The molecule has 0 bridgehead atoms. The van der Waals surface area contributed by atoms with Gasteiger partial charge in [-0.1, -0.05) is 26.2 Å². The number of ether oxygens (including phenoxy) is 1. The predicted molar refractivity (Wildman–Crippen MR) is 77.0 cm³/mol. The van der Waals surface area contributed by atoms with Gasteiger partial charge >= 0.3 is 5.97 Å². The van der Waals surface area contributed by atoms with Crippen molar-refractivity contribution in [3.8, 4) is 5.75 Å². The number of carboxylic acid groups (broad SMARTS) is 1. The summed E-state index contributed by atoms with van der Waals surface area (Å²) in [6, 6.07) is 3.96. The molecule has 0 radical (unpaired) electrons. The first-order valence-electron chi connectivity index (χ1n) is 7.47. The van der Waals surface area contributed by atoms with Crippen LogP contribution in [0.5, 0.6) is 5.75 Å². The van der Waals surface area contributed by atoms with Gasteiger partial charge in [-0.2, -0.15) is 0 Å². The van der Waals surface area contributed by atoms with Gasteiger partial charge in [0, 0.05) is 11.1 Å². The molecule has 20 heavy (non-hydrogen) atoms. The van der Waals surface area contributed by atoms with E-state index in [4.69, 9.17) is 9.84 Å². The van der Waals surface area contributed by atoms with Crippen molar-refractivity contribution in [2.75, 3.05) is 6.61 Å². The van der Waals surface area contributed by atoms with E-state index in [1.807, 2.05) is 12.1 Å². The van der Waals surface area contributed by atoms with Crippen molar-refractivity contribution in [3.05, 3.63) is 24.0 Å². The number of pyridine rings is 1. The van der Waals surface area contributed by atoms with E-state index in [9.17, 15) is 4.79 Å². The van der Waals surface area contributed by atoms with E-state index >= 15 is 0 Å². The van der Waals surface area contributed by atoms with Gasteiger partial charge in [-0.15, -0.1) is 0 Å². The number of hydrogen-bond donors (Lipinski definition) is 1. The van der Waals surface area contributed by atoms with Gasteiger partial charge in [-0.25, -0.2) is 0 Å². The Morgan fingerprint density at radius 2 is 2.10 bits per heavy atom. The minimum Gasteiger partial charge on any atom is -0.491 e. The van der Waals surface area contributed by atoms with Gasteiger partial charge in [0.1, 0.15) is 5.75 Å². The Kier molecular flexibility index (Phi) is 4.99. The van der Waals surface area contributed by atoms with Crippen molar-refractivity contribution in [2.45, 2.75) is 57.3 Å². The summed E-state index contributed by atoms with van der Waals surface area (Å²) in [6.45, 7) is 2.43. The third-order valence-electron chi connectivity index (χ3n) is 4.35. The maximum atomic E-state index is 10.4. The molecule has 0 unspecified atom stereocenters. The van der Waals surface area contributed by atoms with E-state index < -0.39 is 5.97 Å². The lowest BCUT2D eigenvalue weighted by Crippen LogP contribution is -2.29. The minimum atomic E-state index is -0.846. The standard InChI is InChI=1S/C16H23NO3/c1-2-16(9-4-3-5-10-16)14-7-6-13(12-17-14)20-11-8-15(18)19/h6-7,12H,2-5,8-11H2,1H3,(H,18,19). The number of carboxylic acids is 1. The number of aromatic nitrogens is 1. The van der Waals surface area contributed by atoms with Crippen LogP contribution in [-0.4, -0.2) is 22.7 Å². The SMILES string of the molecule is CCC1(c2ccc(OCCC(=O)O)cn2)CCCCC1. The fraction of sp³-hybridized carbons (Fsp3) is 0.625. The highest BCUT2D eigenvalue weighted by Gasteiger charge is 2.33. The van der Waals surface area contributed by atoms with Gasteiger partial charge in [0.15, 0.2) is 0 Å². The topological polar surface area (TPSA) is 59.4 Å². The van der Waals surface area contributed by atoms with Crippen LogP contribution in [0.3, 0.4) is 0 Å². The zero-order valence-electron chi connectivity index (χ0n) is 12.1. The second-order valence-electron chi connectivity index (χ2n) is 5.57. The lowest BCUT2D eigenvalue weighted by atomic mass is 9.70. The van der Waals surface area contributed by atoms with Crippen molar-refractivity contribution in [1.82, 2.24) is 4.98 Å². The van der Waals surface area contributed by atoms with Gasteiger partial charge in [0.05, 0.1) is 19.2 Å². The second-order valence-corrected chi connectivity index (χ2v) is 5.57. The monoisotopic (exact) mass is 277 g/mol. The summed E-state index contributed by atoms with van der Waals surface area (Å²) in [7, 11) is 0. The first-order chi connectivity index (χ1) is 9.66. The molecular formula is C16H23NO3. The molecule has 1 saturated carbocycles. The summed E-state index contributed by atoms with van der Waals surface area (Å²) in [5.74, 6) is -0.196. The van der Waals surface area contributed by atoms with Crippen molar-refractivity contribution in [1.29, 1.82) is 0 Å². The smallest absolute Gasteiger partial charge is 0.306 e. The quantitative estimate of drug-likeness (QED) is 0.864. The molecule has 1 N–H and O–H groups in total. The molecule has 1 aromatic rings. The van der Waals surface area contributed by atoms with E-state index in [-0.39, 0.29) is 18.4 Å². The first kappa shape index (κ1) is 14.8. The Hall–Kier alpha value is -1.58. The third kappa shape index (κ3) is 3.50. The van der Waals surface area contributed by atoms with Crippen molar-refractivity contribution in [2.24, 2.45) is 0 Å². The lowest BCUT2D eigenvalue weighted by Gasteiger charge is -2.36. The highest BCUT2D eigenvalue weighted by Crippen LogP contribution is 2.41. The van der Waals surface area contributed by atoms with Gasteiger partial charge in [-0.05, 0) is 31.4 Å². The maximum Gasteiger partial charge on any atom is 0.306 e. The van der Waals surface area contributed by atoms with Crippen molar-refractivity contribution >= 4 is 5.97 Å². The second kappa shape index (κ2) is 6.73. The number of nitrogens with zero attached hydrogens (tertiary/aromatic N) is 1. The van der Waals surface area contributed by atoms with Crippen molar-refractivity contribution in [3.63, 3.8) is 0 Å². The van der Waals surface area contributed by atoms with Gasteiger partial charge < -0.3 is 9.84 Å². The van der Waals surface area contributed by atoms with Crippen LogP contribution < -0.4 is 4.74 Å². The largest absolute Gasteiger partial charge is 0.491 e. The van der Waals surface area contributed by atoms with Gasteiger partial charge in [0.2, 0.25) is 0 Å². The molecule has 2 rings (SSSR count). The van der Waals surface area contributed by atoms with Gasteiger partial charge in [0.25, 0.3) is 0 Å². The van der Waals surface area contributed by atoms with Crippen LogP contribution in [-0.2, 0) is 10.2 Å². The number of carbonyl (C=O) groups is 1. The molecule has 0 aliphatic heterocycles. The summed E-state index contributed by atoms with van der Waals surface area (Å²) in [5, 5.41) is 8.58. The van der Waals surface area contributed by atoms with Crippen LogP contribution in [0.2, 0.25) is 0 Å². The van der Waals surface area contributed by atoms with Crippen LogP contribution in [0.1, 0.15) is 57.6 Å². The zero-order chi connectivity index (χ0) is 14.4. The normalized spacial score (nSPS) is 17.6. The fourth-order valence-corrected chi connectivity index (χ4v) is 3.05. The summed E-state index contributed by atoms with van der Waals surface area (Å²) in [6.07, 6.45) is 9.20. The van der Waals surface area contributed by atoms with E-state index in [2.05, 4.69) is 11.9 Å². The Morgan fingerprint density at radius 1 is 1.35 bits per heavy atom. The molecule has 0 aromatic carbocycles. The summed E-state index contributed by atoms with van der Waals surface area (Å²) < 4.78 is 5.38. The number of hydrogen-bond acceptors (Lipinski definition) is 3. The fourth-order valence-electron chi connectivity index (χ4n) is 3.05. The van der Waals surface area contributed by atoms with Crippen LogP contribution >= 0.6 is 0 Å². The zero-order valence-corrected chi connectivity index (χ0v) is 12.1. The van der Waals surface area contributed by atoms with Gasteiger partial charge in [-0.3, -0.25) is 9.78 Å². The highest BCUT2D eigenvalue weighted by atomic mass is 16.5. The molecule has 0 amide bonds. The molecule has 1 aliphatic rings. The number of aliphatic carboxylic acids is 1. The Bertz CT molecular complexity index is 436. The van der Waals surface area contributed by atoms with E-state index in [0.29, 0.717) is 5.75 Å². The van der Waals surface area contributed by atoms with E-state index in [1.165, 1.54) is 32.1 Å². The Morgan fingerprint density at radius 3 is 2.65 bits per heavy atom. The predicted octanol–water partition coefficient (Wildman–Crippen LogP) is 3.55. The van der Waals surface area contributed by atoms with Crippen LogP contribution in [0, 0.1) is 0 Å². The van der Waals surface area contributed by atoms with E-state index in [1.54, 1.807) is 6.20 Å². The number of rotatable bonds is 6. The third-order valence-corrected chi connectivity index (χ3v) is 4.35.